The summed E-state index contributed by atoms with van der Waals surface area (Å²) in [7, 11) is 1.78. The Labute approximate surface area is 148 Å². The van der Waals surface area contributed by atoms with Gasteiger partial charge in [-0.05, 0) is 48.6 Å². The lowest BCUT2D eigenvalue weighted by molar-refractivity contribution is -0.136. The first-order valence-electron chi connectivity index (χ1n) is 8.45. The van der Waals surface area contributed by atoms with Crippen molar-refractivity contribution in [2.24, 2.45) is 0 Å². The number of nitrogens with zero attached hydrogens (tertiary/aromatic N) is 2. The van der Waals surface area contributed by atoms with Crippen LogP contribution in [0.15, 0.2) is 60.9 Å². The van der Waals surface area contributed by atoms with Crippen molar-refractivity contribution in [3.8, 4) is 16.9 Å². The van der Waals surface area contributed by atoms with Crippen molar-refractivity contribution < 1.29 is 9.53 Å². The highest BCUT2D eigenvalue weighted by Crippen LogP contribution is 2.34. The number of hydrogen-bond acceptors (Lipinski definition) is 3. The van der Waals surface area contributed by atoms with Gasteiger partial charge in [0.1, 0.15) is 5.75 Å². The SMILES string of the molecule is CCN(C)C(=O)C(C)Oc1ccc(-c2ccncc2)c2ccccc12. The summed E-state index contributed by atoms with van der Waals surface area (Å²) in [6.07, 6.45) is 3.05. The van der Waals surface area contributed by atoms with Crippen LogP contribution in [0.2, 0.25) is 0 Å². The van der Waals surface area contributed by atoms with E-state index in [0.29, 0.717) is 6.54 Å². The number of hydrogen-bond donors (Lipinski definition) is 0. The summed E-state index contributed by atoms with van der Waals surface area (Å²) in [6, 6.07) is 16.0. The molecule has 0 saturated heterocycles. The van der Waals surface area contributed by atoms with Crippen LogP contribution in [0.25, 0.3) is 21.9 Å². The predicted molar refractivity (Wildman–Crippen MR) is 101 cm³/mol. The third-order valence-electron chi connectivity index (χ3n) is 4.38. The van der Waals surface area contributed by atoms with E-state index in [-0.39, 0.29) is 5.91 Å². The lowest BCUT2D eigenvalue weighted by atomic mass is 9.98. The Morgan fingerprint density at radius 1 is 1.08 bits per heavy atom. The first-order valence-corrected chi connectivity index (χ1v) is 8.45. The maximum atomic E-state index is 12.3. The van der Waals surface area contributed by atoms with Crippen molar-refractivity contribution in [3.63, 3.8) is 0 Å². The smallest absolute Gasteiger partial charge is 0.263 e. The first kappa shape index (κ1) is 17.0. The lowest BCUT2D eigenvalue weighted by Crippen LogP contribution is -2.37. The van der Waals surface area contributed by atoms with Crippen LogP contribution in [-0.2, 0) is 4.79 Å². The molecule has 0 N–H and O–H groups in total. The Morgan fingerprint density at radius 2 is 1.76 bits per heavy atom. The summed E-state index contributed by atoms with van der Waals surface area (Å²) in [5, 5.41) is 2.09. The van der Waals surface area contributed by atoms with Gasteiger partial charge in [-0.3, -0.25) is 9.78 Å². The van der Waals surface area contributed by atoms with Gasteiger partial charge in [0.15, 0.2) is 6.10 Å². The molecular formula is C21H22N2O2. The van der Waals surface area contributed by atoms with Crippen LogP contribution in [0, 0.1) is 0 Å². The van der Waals surface area contributed by atoms with E-state index in [9.17, 15) is 4.79 Å². The van der Waals surface area contributed by atoms with E-state index in [4.69, 9.17) is 4.74 Å². The zero-order chi connectivity index (χ0) is 17.8. The molecule has 128 valence electrons. The molecule has 3 rings (SSSR count). The number of aromatic nitrogens is 1. The Balaban J connectivity index is 2.00. The molecule has 0 fully saturated rings. The number of ether oxygens (including phenoxy) is 1. The zero-order valence-corrected chi connectivity index (χ0v) is 14.8. The number of carbonyl (C=O) groups is 1. The zero-order valence-electron chi connectivity index (χ0n) is 14.8. The average molecular weight is 334 g/mol. The Morgan fingerprint density at radius 3 is 2.44 bits per heavy atom. The van der Waals surface area contributed by atoms with E-state index in [1.54, 1.807) is 31.3 Å². The molecular weight excluding hydrogens is 312 g/mol. The number of likely N-dealkylation sites (N-methyl/N-ethyl adjacent to an activating group) is 1. The highest BCUT2D eigenvalue weighted by Gasteiger charge is 2.19. The van der Waals surface area contributed by atoms with Crippen molar-refractivity contribution in [2.75, 3.05) is 13.6 Å². The topological polar surface area (TPSA) is 42.4 Å². The Hall–Kier alpha value is -2.88. The first-order chi connectivity index (χ1) is 12.1. The van der Waals surface area contributed by atoms with Crippen LogP contribution in [0.3, 0.4) is 0 Å². The molecule has 2 aromatic carbocycles. The fourth-order valence-electron chi connectivity index (χ4n) is 2.86. The highest BCUT2D eigenvalue weighted by atomic mass is 16.5. The fraction of sp³-hybridized carbons (Fsp3) is 0.238. The minimum absolute atomic E-state index is 0.0233. The minimum atomic E-state index is -0.528. The standard InChI is InChI=1S/C21H22N2O2/c1-4-23(3)21(24)15(2)25-20-10-9-17(16-11-13-22-14-12-16)18-7-5-6-8-19(18)20/h5-15H,4H2,1-3H3. The summed E-state index contributed by atoms with van der Waals surface area (Å²) in [5.74, 6) is 0.698. The van der Waals surface area contributed by atoms with Crippen molar-refractivity contribution in [3.05, 3.63) is 60.9 Å². The van der Waals surface area contributed by atoms with Gasteiger partial charge in [-0.1, -0.05) is 30.3 Å². The normalized spacial score (nSPS) is 12.0. The molecule has 0 aliphatic carbocycles. The summed E-state index contributed by atoms with van der Waals surface area (Å²) < 4.78 is 6.00. The van der Waals surface area contributed by atoms with E-state index in [2.05, 4.69) is 11.1 Å². The minimum Gasteiger partial charge on any atom is -0.480 e. The molecule has 0 saturated carbocycles. The molecule has 0 aliphatic heterocycles. The largest absolute Gasteiger partial charge is 0.480 e. The van der Waals surface area contributed by atoms with Crippen LogP contribution in [0.4, 0.5) is 0 Å². The Kier molecular flexibility index (Phi) is 4.98. The van der Waals surface area contributed by atoms with E-state index >= 15 is 0 Å². The predicted octanol–water partition coefficient (Wildman–Crippen LogP) is 4.15. The lowest BCUT2D eigenvalue weighted by Gasteiger charge is -2.22. The van der Waals surface area contributed by atoms with Gasteiger partial charge < -0.3 is 9.64 Å². The molecule has 1 heterocycles. The molecule has 1 amide bonds. The molecule has 4 nitrogen and oxygen atoms in total. The number of rotatable bonds is 5. The van der Waals surface area contributed by atoms with Crippen LogP contribution in [0.1, 0.15) is 13.8 Å². The second-order valence-corrected chi connectivity index (χ2v) is 6.01. The molecule has 0 aliphatic rings. The van der Waals surface area contributed by atoms with Gasteiger partial charge in [-0.2, -0.15) is 0 Å². The van der Waals surface area contributed by atoms with Crippen molar-refractivity contribution >= 4 is 16.7 Å². The van der Waals surface area contributed by atoms with Gasteiger partial charge in [0.25, 0.3) is 5.91 Å². The second-order valence-electron chi connectivity index (χ2n) is 6.01. The molecule has 3 aromatic rings. The van der Waals surface area contributed by atoms with E-state index in [0.717, 1.165) is 27.6 Å². The third-order valence-corrected chi connectivity index (χ3v) is 4.38. The van der Waals surface area contributed by atoms with Crippen LogP contribution in [-0.4, -0.2) is 35.5 Å². The molecule has 1 unspecified atom stereocenters. The summed E-state index contributed by atoms with van der Waals surface area (Å²) >= 11 is 0. The van der Waals surface area contributed by atoms with Gasteiger partial charge >= 0.3 is 0 Å². The van der Waals surface area contributed by atoms with Crippen LogP contribution < -0.4 is 4.74 Å². The van der Waals surface area contributed by atoms with Gasteiger partial charge in [0.2, 0.25) is 0 Å². The molecule has 0 radical (unpaired) electrons. The van der Waals surface area contributed by atoms with Gasteiger partial charge in [0, 0.05) is 31.4 Å². The molecule has 1 aromatic heterocycles. The maximum Gasteiger partial charge on any atom is 0.263 e. The maximum absolute atomic E-state index is 12.3. The van der Waals surface area contributed by atoms with Crippen LogP contribution >= 0.6 is 0 Å². The van der Waals surface area contributed by atoms with Gasteiger partial charge in [-0.25, -0.2) is 0 Å². The molecule has 0 bridgehead atoms. The summed E-state index contributed by atoms with van der Waals surface area (Å²) in [5.41, 5.74) is 2.22. The fourth-order valence-corrected chi connectivity index (χ4v) is 2.86. The molecule has 4 heteroatoms. The second kappa shape index (κ2) is 7.34. The monoisotopic (exact) mass is 334 g/mol. The Bertz CT molecular complexity index is 877. The van der Waals surface area contributed by atoms with Gasteiger partial charge in [0.05, 0.1) is 0 Å². The number of carbonyl (C=O) groups excluding carboxylic acids is 1. The van der Waals surface area contributed by atoms with Gasteiger partial charge in [-0.15, -0.1) is 0 Å². The molecule has 25 heavy (non-hydrogen) atoms. The van der Waals surface area contributed by atoms with Crippen LogP contribution in [0.5, 0.6) is 5.75 Å². The van der Waals surface area contributed by atoms with Crippen molar-refractivity contribution in [1.82, 2.24) is 9.88 Å². The number of pyridine rings is 1. The van der Waals surface area contributed by atoms with Crippen molar-refractivity contribution in [1.29, 1.82) is 0 Å². The highest BCUT2D eigenvalue weighted by molar-refractivity contribution is 6.00. The number of benzene rings is 2. The molecule has 1 atom stereocenters. The summed E-state index contributed by atoms with van der Waals surface area (Å²) in [6.45, 7) is 4.40. The number of amides is 1. The third kappa shape index (κ3) is 3.48. The number of fused-ring (bicyclic) bond motifs is 1. The average Bonchev–Trinajstić information content (AvgIpc) is 2.67. The van der Waals surface area contributed by atoms with E-state index in [1.165, 1.54) is 0 Å². The molecule has 0 spiro atoms. The van der Waals surface area contributed by atoms with E-state index < -0.39 is 6.10 Å². The van der Waals surface area contributed by atoms with E-state index in [1.807, 2.05) is 49.4 Å². The van der Waals surface area contributed by atoms with Crippen molar-refractivity contribution in [2.45, 2.75) is 20.0 Å². The summed E-state index contributed by atoms with van der Waals surface area (Å²) in [4.78, 5) is 18.0. The quantitative estimate of drug-likeness (QED) is 0.704.